The van der Waals surface area contributed by atoms with Gasteiger partial charge in [-0.15, -0.1) is 0 Å². The molecule has 1 N–H and O–H groups in total. The molecule has 0 aliphatic carbocycles. The maximum Gasteiger partial charge on any atom is 0.264 e. The van der Waals surface area contributed by atoms with Crippen LogP contribution in [0.2, 0.25) is 0 Å². The third kappa shape index (κ3) is 7.57. The van der Waals surface area contributed by atoms with Crippen molar-refractivity contribution in [2.75, 3.05) is 19.0 Å². The van der Waals surface area contributed by atoms with E-state index in [0.717, 1.165) is 47.5 Å². The molecule has 194 valence electrons. The van der Waals surface area contributed by atoms with E-state index in [4.69, 9.17) is 14.3 Å². The van der Waals surface area contributed by atoms with E-state index in [1.165, 1.54) is 12.1 Å². The van der Waals surface area contributed by atoms with Crippen molar-refractivity contribution in [2.45, 2.75) is 32.6 Å². The number of nitrogens with one attached hydrogen (secondary N) is 1. The Kier molecular flexibility index (Phi) is 8.79. The number of nitrogens with zero attached hydrogens (tertiary/aromatic N) is 1. The van der Waals surface area contributed by atoms with Gasteiger partial charge < -0.3 is 14.3 Å². The molecule has 0 fully saturated rings. The quantitative estimate of drug-likeness (QED) is 0.212. The van der Waals surface area contributed by atoms with E-state index in [1.807, 2.05) is 42.5 Å². The lowest BCUT2D eigenvalue weighted by Crippen LogP contribution is -2.32. The molecule has 0 saturated heterocycles. The lowest BCUT2D eigenvalue weighted by molar-refractivity contribution is 0.0981. The van der Waals surface area contributed by atoms with Crippen molar-refractivity contribution in [3.63, 3.8) is 0 Å². The number of sulfonamides is 1. The molecule has 0 saturated carbocycles. The number of amides is 1. The molecule has 0 aromatic heterocycles. The smallest absolute Gasteiger partial charge is 0.264 e. The number of oxime groups is 1. The van der Waals surface area contributed by atoms with Crippen molar-refractivity contribution in [3.8, 4) is 28.4 Å². The minimum atomic E-state index is -3.66. The zero-order valence-corrected chi connectivity index (χ0v) is 21.5. The highest BCUT2D eigenvalue weighted by Gasteiger charge is 2.16. The second-order valence-electron chi connectivity index (χ2n) is 8.64. The largest absolute Gasteiger partial charge is 0.486 e. The average Bonchev–Trinajstić information content (AvgIpc) is 2.91. The fourth-order valence-corrected chi connectivity index (χ4v) is 4.86. The standard InChI is InChI=1S/C28H30N2O6S/c1-2-3-4-5-18-37(32,33)30-28(31)23-10-13-25(14-11-23)36-29-20-21-6-8-22(9-7-21)24-12-15-26-27(19-24)35-17-16-34-26/h6-15,19-20H,2-5,16-18H2,1H3,(H,30,31)/b29-20+. The van der Waals surface area contributed by atoms with Gasteiger partial charge in [-0.2, -0.15) is 0 Å². The van der Waals surface area contributed by atoms with Crippen molar-refractivity contribution in [1.82, 2.24) is 4.72 Å². The summed E-state index contributed by atoms with van der Waals surface area (Å²) in [6.45, 7) is 3.16. The SMILES string of the molecule is CCCCCCS(=O)(=O)NC(=O)c1ccc(O/N=C/c2ccc(-c3ccc4c(c3)OCCO4)cc2)cc1. The van der Waals surface area contributed by atoms with E-state index < -0.39 is 15.9 Å². The van der Waals surface area contributed by atoms with Gasteiger partial charge in [0.2, 0.25) is 10.0 Å². The molecule has 37 heavy (non-hydrogen) atoms. The van der Waals surface area contributed by atoms with Crippen molar-refractivity contribution in [2.24, 2.45) is 5.16 Å². The van der Waals surface area contributed by atoms with Crippen LogP contribution in [0.1, 0.15) is 48.5 Å². The van der Waals surface area contributed by atoms with E-state index in [1.54, 1.807) is 18.3 Å². The summed E-state index contributed by atoms with van der Waals surface area (Å²) in [6.07, 6.45) is 4.92. The molecule has 0 bridgehead atoms. The summed E-state index contributed by atoms with van der Waals surface area (Å²) in [5, 5.41) is 4.00. The van der Waals surface area contributed by atoms with Gasteiger partial charge in [0.05, 0.1) is 12.0 Å². The number of benzene rings is 3. The van der Waals surface area contributed by atoms with Crippen LogP contribution in [0.3, 0.4) is 0 Å². The number of hydrogen-bond acceptors (Lipinski definition) is 7. The van der Waals surface area contributed by atoms with Gasteiger partial charge in [0.25, 0.3) is 5.91 Å². The molecule has 4 rings (SSSR count). The molecule has 0 unspecified atom stereocenters. The van der Waals surface area contributed by atoms with Crippen LogP contribution in [0.5, 0.6) is 17.2 Å². The first-order valence-corrected chi connectivity index (χ1v) is 13.9. The molecule has 8 nitrogen and oxygen atoms in total. The third-order valence-electron chi connectivity index (χ3n) is 5.78. The Morgan fingerprint density at radius 2 is 1.62 bits per heavy atom. The Morgan fingerprint density at radius 1 is 0.919 bits per heavy atom. The summed E-state index contributed by atoms with van der Waals surface area (Å²) in [7, 11) is -3.66. The van der Waals surface area contributed by atoms with E-state index in [2.05, 4.69) is 16.8 Å². The summed E-state index contributed by atoms with van der Waals surface area (Å²) in [6, 6.07) is 19.8. The molecular formula is C28H30N2O6S. The summed E-state index contributed by atoms with van der Waals surface area (Å²) < 4.78 is 37.5. The molecule has 3 aromatic carbocycles. The zero-order valence-electron chi connectivity index (χ0n) is 20.7. The van der Waals surface area contributed by atoms with E-state index in [0.29, 0.717) is 25.4 Å². The van der Waals surface area contributed by atoms with Crippen LogP contribution in [0.4, 0.5) is 0 Å². The number of ether oxygens (including phenoxy) is 2. The zero-order chi connectivity index (χ0) is 26.1. The van der Waals surface area contributed by atoms with Crippen LogP contribution in [-0.4, -0.2) is 39.5 Å². The van der Waals surface area contributed by atoms with Crippen LogP contribution in [0.25, 0.3) is 11.1 Å². The first-order chi connectivity index (χ1) is 17.9. The summed E-state index contributed by atoms with van der Waals surface area (Å²) in [4.78, 5) is 17.7. The van der Waals surface area contributed by atoms with Crippen molar-refractivity contribution < 1.29 is 27.5 Å². The van der Waals surface area contributed by atoms with Gasteiger partial charge in [-0.05, 0) is 59.5 Å². The first-order valence-electron chi connectivity index (χ1n) is 12.3. The maximum absolute atomic E-state index is 12.3. The lowest BCUT2D eigenvalue weighted by atomic mass is 10.0. The fourth-order valence-electron chi connectivity index (χ4n) is 3.77. The summed E-state index contributed by atoms with van der Waals surface area (Å²) in [5.41, 5.74) is 3.13. The fraction of sp³-hybridized carbons (Fsp3) is 0.286. The van der Waals surface area contributed by atoms with E-state index in [9.17, 15) is 13.2 Å². The normalized spacial score (nSPS) is 12.9. The lowest BCUT2D eigenvalue weighted by Gasteiger charge is -2.18. The Balaban J connectivity index is 1.29. The Bertz CT molecular complexity index is 1340. The van der Waals surface area contributed by atoms with Crippen molar-refractivity contribution >= 4 is 22.1 Å². The minimum Gasteiger partial charge on any atom is -0.486 e. The number of unbranched alkanes of at least 4 members (excludes halogenated alkanes) is 3. The Morgan fingerprint density at radius 3 is 2.35 bits per heavy atom. The third-order valence-corrected chi connectivity index (χ3v) is 7.10. The van der Waals surface area contributed by atoms with Crippen molar-refractivity contribution in [3.05, 3.63) is 77.9 Å². The Labute approximate surface area is 217 Å². The predicted octanol–water partition coefficient (Wildman–Crippen LogP) is 5.18. The van der Waals surface area contributed by atoms with Crippen LogP contribution in [0, 0.1) is 0 Å². The topological polar surface area (TPSA) is 103 Å². The number of hydrogen-bond donors (Lipinski definition) is 1. The van der Waals surface area contributed by atoms with Crippen LogP contribution < -0.4 is 19.0 Å². The molecule has 3 aromatic rings. The molecule has 1 aliphatic rings. The number of carbonyl (C=O) groups excluding carboxylic acids is 1. The number of fused-ring (bicyclic) bond motifs is 1. The average molecular weight is 523 g/mol. The van der Waals surface area contributed by atoms with Gasteiger partial charge >= 0.3 is 0 Å². The van der Waals surface area contributed by atoms with Gasteiger partial charge in [0, 0.05) is 5.56 Å². The van der Waals surface area contributed by atoms with Gasteiger partial charge in [0.15, 0.2) is 17.2 Å². The maximum atomic E-state index is 12.3. The van der Waals surface area contributed by atoms with E-state index >= 15 is 0 Å². The minimum absolute atomic E-state index is 0.0632. The predicted molar refractivity (Wildman–Crippen MR) is 143 cm³/mol. The molecule has 9 heteroatoms. The van der Waals surface area contributed by atoms with Crippen molar-refractivity contribution in [1.29, 1.82) is 0 Å². The Hall–Kier alpha value is -3.85. The summed E-state index contributed by atoms with van der Waals surface area (Å²) in [5.74, 6) is 1.20. The van der Waals surface area contributed by atoms with Gasteiger partial charge in [-0.1, -0.05) is 61.7 Å². The highest BCUT2D eigenvalue weighted by Crippen LogP contribution is 2.34. The highest BCUT2D eigenvalue weighted by molar-refractivity contribution is 7.90. The second kappa shape index (κ2) is 12.4. The summed E-state index contributed by atoms with van der Waals surface area (Å²) >= 11 is 0. The monoisotopic (exact) mass is 522 g/mol. The molecule has 1 amide bonds. The molecule has 0 atom stereocenters. The molecule has 0 radical (unpaired) electrons. The van der Waals surface area contributed by atoms with Gasteiger partial charge in [0.1, 0.15) is 13.2 Å². The first kappa shape index (κ1) is 26.2. The van der Waals surface area contributed by atoms with Gasteiger partial charge in [-0.3, -0.25) is 4.79 Å². The van der Waals surface area contributed by atoms with Crippen LogP contribution in [-0.2, 0) is 10.0 Å². The molecule has 1 heterocycles. The number of carbonyl (C=O) groups is 1. The number of rotatable bonds is 11. The second-order valence-corrected chi connectivity index (χ2v) is 10.5. The molecular weight excluding hydrogens is 492 g/mol. The van der Waals surface area contributed by atoms with Gasteiger partial charge in [-0.25, -0.2) is 13.1 Å². The molecule has 0 spiro atoms. The highest BCUT2D eigenvalue weighted by atomic mass is 32.2. The molecule has 1 aliphatic heterocycles. The van der Waals surface area contributed by atoms with E-state index in [-0.39, 0.29) is 11.3 Å². The van der Waals surface area contributed by atoms with Crippen LogP contribution >= 0.6 is 0 Å². The van der Waals surface area contributed by atoms with Crippen LogP contribution in [0.15, 0.2) is 71.9 Å².